The highest BCUT2D eigenvalue weighted by atomic mass is 35.5. The van der Waals surface area contributed by atoms with E-state index in [0.29, 0.717) is 49.0 Å². The second-order valence-electron chi connectivity index (χ2n) is 6.84. The van der Waals surface area contributed by atoms with Crippen LogP contribution in [0.2, 0.25) is 5.02 Å². The zero-order valence-corrected chi connectivity index (χ0v) is 16.3. The van der Waals surface area contributed by atoms with Crippen molar-refractivity contribution in [2.75, 3.05) is 31.1 Å². The van der Waals surface area contributed by atoms with E-state index in [-0.39, 0.29) is 11.5 Å². The molecule has 7 nitrogen and oxygen atoms in total. The number of hydrogen-bond donors (Lipinski definition) is 0. The number of nitrogens with zero attached hydrogens (tertiary/aromatic N) is 5. The summed E-state index contributed by atoms with van der Waals surface area (Å²) < 4.78 is 1.57. The largest absolute Gasteiger partial charge is 0.348 e. The minimum absolute atomic E-state index is 0.0624. The number of aromatic nitrogens is 3. The number of amides is 1. The second-order valence-corrected chi connectivity index (χ2v) is 7.27. The summed E-state index contributed by atoms with van der Waals surface area (Å²) in [5, 5.41) is 0.628. The summed E-state index contributed by atoms with van der Waals surface area (Å²) in [7, 11) is 1.72. The third-order valence-electron chi connectivity index (χ3n) is 5.04. The molecule has 0 atom stereocenters. The Balaban J connectivity index is 1.47. The lowest BCUT2D eigenvalue weighted by atomic mass is 10.1. The van der Waals surface area contributed by atoms with Crippen molar-refractivity contribution in [3.05, 3.63) is 63.7 Å². The number of halogens is 1. The molecular weight excluding hydrogens is 378 g/mol. The van der Waals surface area contributed by atoms with Crippen molar-refractivity contribution in [2.45, 2.75) is 6.42 Å². The van der Waals surface area contributed by atoms with Crippen LogP contribution in [-0.4, -0.2) is 51.5 Å². The number of carbonyl (C=O) groups is 1. The van der Waals surface area contributed by atoms with Crippen molar-refractivity contribution >= 4 is 34.4 Å². The number of benzene rings is 1. The van der Waals surface area contributed by atoms with Gasteiger partial charge in [0.1, 0.15) is 0 Å². The molecule has 1 aromatic carbocycles. The Kier molecular flexibility index (Phi) is 5.00. The Labute approximate surface area is 167 Å². The maximum absolute atomic E-state index is 12.7. The summed E-state index contributed by atoms with van der Waals surface area (Å²) in [6.07, 6.45) is 3.62. The van der Waals surface area contributed by atoms with Gasteiger partial charge in [0.05, 0.1) is 23.7 Å². The van der Waals surface area contributed by atoms with Gasteiger partial charge >= 0.3 is 0 Å². The molecule has 1 aliphatic heterocycles. The van der Waals surface area contributed by atoms with E-state index in [2.05, 4.69) is 9.97 Å². The maximum atomic E-state index is 12.7. The molecule has 1 amide bonds. The first-order chi connectivity index (χ1) is 13.5. The van der Waals surface area contributed by atoms with Gasteiger partial charge < -0.3 is 14.4 Å². The van der Waals surface area contributed by atoms with Gasteiger partial charge in [0.2, 0.25) is 5.91 Å². The van der Waals surface area contributed by atoms with Crippen LogP contribution in [0.4, 0.5) is 5.82 Å². The van der Waals surface area contributed by atoms with Crippen molar-refractivity contribution in [2.24, 2.45) is 7.05 Å². The van der Waals surface area contributed by atoms with Crippen LogP contribution in [0.3, 0.4) is 0 Å². The molecule has 2 aromatic heterocycles. The number of hydrogen-bond acceptors (Lipinski definition) is 5. The van der Waals surface area contributed by atoms with Gasteiger partial charge in [-0.2, -0.15) is 0 Å². The number of anilines is 1. The summed E-state index contributed by atoms with van der Waals surface area (Å²) in [6, 6.07) is 9.15. The molecule has 28 heavy (non-hydrogen) atoms. The number of rotatable bonds is 3. The topological polar surface area (TPSA) is 71.3 Å². The minimum Gasteiger partial charge on any atom is -0.348 e. The lowest BCUT2D eigenvalue weighted by Gasteiger charge is -2.35. The number of fused-ring (bicyclic) bond motifs is 1. The monoisotopic (exact) mass is 397 g/mol. The molecule has 0 bridgehead atoms. The van der Waals surface area contributed by atoms with Crippen molar-refractivity contribution in [3.63, 3.8) is 0 Å². The van der Waals surface area contributed by atoms with E-state index >= 15 is 0 Å². The quantitative estimate of drug-likeness (QED) is 0.674. The van der Waals surface area contributed by atoms with Crippen LogP contribution in [-0.2, 0) is 18.3 Å². The summed E-state index contributed by atoms with van der Waals surface area (Å²) >= 11 is 6.00. The van der Waals surface area contributed by atoms with Crippen molar-refractivity contribution in [3.8, 4) is 0 Å². The Morgan fingerprint density at radius 3 is 2.71 bits per heavy atom. The van der Waals surface area contributed by atoms with Crippen LogP contribution in [0.15, 0.2) is 47.5 Å². The first kappa shape index (κ1) is 18.4. The summed E-state index contributed by atoms with van der Waals surface area (Å²) in [5.74, 6) is 0.482. The fraction of sp³-hybridized carbons (Fsp3) is 0.300. The highest BCUT2D eigenvalue weighted by Crippen LogP contribution is 2.16. The number of carbonyl (C=O) groups excluding carboxylic acids is 1. The van der Waals surface area contributed by atoms with Crippen LogP contribution >= 0.6 is 11.6 Å². The van der Waals surface area contributed by atoms with E-state index in [1.807, 2.05) is 28.0 Å². The minimum atomic E-state index is -0.154. The van der Waals surface area contributed by atoms with Crippen LogP contribution in [0.5, 0.6) is 0 Å². The fourth-order valence-corrected chi connectivity index (χ4v) is 3.67. The first-order valence-corrected chi connectivity index (χ1v) is 9.48. The molecule has 1 saturated heterocycles. The van der Waals surface area contributed by atoms with Gasteiger partial charge in [0, 0.05) is 44.4 Å². The standard InChI is InChI=1S/C20H20ClN5O2/c1-24-17-13-22-6-5-16(17)23-19(20(24)28)26-9-7-25(8-10-26)18(27)12-14-3-2-4-15(21)11-14/h2-6,11,13H,7-10,12H2,1H3. The molecule has 0 unspecified atom stereocenters. The van der Waals surface area contributed by atoms with Crippen molar-refractivity contribution in [1.82, 2.24) is 19.4 Å². The molecular formula is C20H20ClN5O2. The molecule has 3 aromatic rings. The number of aryl methyl sites for hydroxylation is 1. The van der Waals surface area contributed by atoms with Crippen LogP contribution < -0.4 is 10.5 Å². The molecule has 1 fully saturated rings. The van der Waals surface area contributed by atoms with Crippen molar-refractivity contribution < 1.29 is 4.79 Å². The summed E-state index contributed by atoms with van der Waals surface area (Å²) in [6.45, 7) is 2.25. The fourth-order valence-electron chi connectivity index (χ4n) is 3.46. The van der Waals surface area contributed by atoms with Gasteiger partial charge in [-0.25, -0.2) is 4.98 Å². The molecule has 0 spiro atoms. The third-order valence-corrected chi connectivity index (χ3v) is 5.27. The van der Waals surface area contributed by atoms with Gasteiger partial charge in [-0.1, -0.05) is 23.7 Å². The van der Waals surface area contributed by atoms with E-state index in [0.717, 1.165) is 11.1 Å². The Bertz CT molecular complexity index is 1090. The average Bonchev–Trinajstić information content (AvgIpc) is 2.71. The molecule has 8 heteroatoms. The Morgan fingerprint density at radius 1 is 1.18 bits per heavy atom. The van der Waals surface area contributed by atoms with E-state index in [1.165, 1.54) is 0 Å². The number of pyridine rings is 1. The van der Waals surface area contributed by atoms with Crippen LogP contribution in [0, 0.1) is 0 Å². The SMILES string of the molecule is Cn1c(=O)c(N2CCN(C(=O)Cc3cccc(Cl)c3)CC2)nc2ccncc21. The molecule has 0 aliphatic carbocycles. The predicted octanol–water partition coefficient (Wildman–Crippen LogP) is 1.87. The second kappa shape index (κ2) is 7.59. The van der Waals surface area contributed by atoms with Gasteiger partial charge in [0.25, 0.3) is 5.56 Å². The molecule has 0 radical (unpaired) electrons. The Hall–Kier alpha value is -2.93. The van der Waals surface area contributed by atoms with E-state index in [9.17, 15) is 9.59 Å². The predicted molar refractivity (Wildman–Crippen MR) is 109 cm³/mol. The normalized spacial score (nSPS) is 14.5. The Morgan fingerprint density at radius 2 is 1.96 bits per heavy atom. The highest BCUT2D eigenvalue weighted by Gasteiger charge is 2.24. The zero-order chi connectivity index (χ0) is 19.7. The molecule has 0 N–H and O–H groups in total. The molecule has 0 saturated carbocycles. The van der Waals surface area contributed by atoms with E-state index in [1.54, 1.807) is 36.1 Å². The summed E-state index contributed by atoms with van der Waals surface area (Å²) in [5.41, 5.74) is 2.18. The van der Waals surface area contributed by atoms with E-state index < -0.39 is 0 Å². The van der Waals surface area contributed by atoms with E-state index in [4.69, 9.17) is 11.6 Å². The lowest BCUT2D eigenvalue weighted by molar-refractivity contribution is -0.130. The number of piperazine rings is 1. The summed E-state index contributed by atoms with van der Waals surface area (Å²) in [4.78, 5) is 37.7. The van der Waals surface area contributed by atoms with Crippen molar-refractivity contribution in [1.29, 1.82) is 0 Å². The zero-order valence-electron chi connectivity index (χ0n) is 15.5. The van der Waals surface area contributed by atoms with Crippen LogP contribution in [0.25, 0.3) is 11.0 Å². The molecule has 4 rings (SSSR count). The highest BCUT2D eigenvalue weighted by molar-refractivity contribution is 6.30. The van der Waals surface area contributed by atoms with Gasteiger partial charge in [-0.05, 0) is 23.8 Å². The third kappa shape index (κ3) is 3.57. The maximum Gasteiger partial charge on any atom is 0.293 e. The molecule has 3 heterocycles. The van der Waals surface area contributed by atoms with Gasteiger partial charge in [0.15, 0.2) is 5.82 Å². The van der Waals surface area contributed by atoms with Crippen LogP contribution in [0.1, 0.15) is 5.56 Å². The smallest absolute Gasteiger partial charge is 0.293 e. The average molecular weight is 398 g/mol. The van der Waals surface area contributed by atoms with Gasteiger partial charge in [-0.15, -0.1) is 0 Å². The van der Waals surface area contributed by atoms with Gasteiger partial charge in [-0.3, -0.25) is 14.6 Å². The molecule has 144 valence electrons. The lowest BCUT2D eigenvalue weighted by Crippen LogP contribution is -2.51. The molecule has 1 aliphatic rings. The first-order valence-electron chi connectivity index (χ1n) is 9.11.